The van der Waals surface area contributed by atoms with Crippen LogP contribution in [0, 0.1) is 11.8 Å². The largest absolute Gasteiger partial charge is 0.346 e. The third-order valence-electron chi connectivity index (χ3n) is 5.03. The van der Waals surface area contributed by atoms with Crippen molar-refractivity contribution in [3.63, 3.8) is 0 Å². The first kappa shape index (κ1) is 17.3. The fourth-order valence-electron chi connectivity index (χ4n) is 3.48. The van der Waals surface area contributed by atoms with E-state index in [4.69, 9.17) is 0 Å². The van der Waals surface area contributed by atoms with Crippen molar-refractivity contribution in [2.75, 3.05) is 39.8 Å². The number of nitrogens with zero attached hydrogens (tertiary/aromatic N) is 2. The van der Waals surface area contributed by atoms with Crippen LogP contribution >= 0.6 is 0 Å². The van der Waals surface area contributed by atoms with E-state index < -0.39 is 0 Å². The van der Waals surface area contributed by atoms with Crippen LogP contribution in [0.25, 0.3) is 0 Å². The Hall–Kier alpha value is -1.10. The van der Waals surface area contributed by atoms with Gasteiger partial charge in [0.2, 0.25) is 11.8 Å². The van der Waals surface area contributed by atoms with Crippen LogP contribution in [0.1, 0.15) is 45.4 Å². The minimum Gasteiger partial charge on any atom is -0.346 e. The zero-order valence-corrected chi connectivity index (χ0v) is 14.1. The highest BCUT2D eigenvalue weighted by molar-refractivity contribution is 5.81. The molecular formula is C17H31N3O2. The van der Waals surface area contributed by atoms with Crippen LogP contribution in [0.3, 0.4) is 0 Å². The van der Waals surface area contributed by atoms with Gasteiger partial charge in [0.05, 0.1) is 5.92 Å². The quantitative estimate of drug-likeness (QED) is 0.837. The summed E-state index contributed by atoms with van der Waals surface area (Å²) in [4.78, 5) is 28.7. The summed E-state index contributed by atoms with van der Waals surface area (Å²) in [6.07, 6.45) is 5.91. The number of rotatable bonds is 5. The maximum atomic E-state index is 12.5. The van der Waals surface area contributed by atoms with Gasteiger partial charge in [-0.15, -0.1) is 0 Å². The van der Waals surface area contributed by atoms with Crippen molar-refractivity contribution in [1.29, 1.82) is 0 Å². The number of nitrogens with one attached hydrogen (secondary N) is 1. The summed E-state index contributed by atoms with van der Waals surface area (Å²) in [6.45, 7) is 6.33. The molecule has 5 nitrogen and oxygen atoms in total. The van der Waals surface area contributed by atoms with E-state index in [1.54, 1.807) is 0 Å². The van der Waals surface area contributed by atoms with Crippen LogP contribution in [-0.4, -0.2) is 61.4 Å². The van der Waals surface area contributed by atoms with Gasteiger partial charge in [-0.05, 0) is 38.6 Å². The molecule has 1 unspecified atom stereocenters. The van der Waals surface area contributed by atoms with Gasteiger partial charge < -0.3 is 15.1 Å². The first-order valence-corrected chi connectivity index (χ1v) is 8.88. The number of carbonyl (C=O) groups is 2. The molecule has 2 heterocycles. The zero-order valence-electron chi connectivity index (χ0n) is 14.1. The Morgan fingerprint density at radius 2 is 1.91 bits per heavy atom. The van der Waals surface area contributed by atoms with Gasteiger partial charge in [-0.3, -0.25) is 9.59 Å². The Bertz CT molecular complexity index is 372. The number of amides is 2. The lowest BCUT2D eigenvalue weighted by Crippen LogP contribution is -2.48. The van der Waals surface area contributed by atoms with Crippen molar-refractivity contribution in [1.82, 2.24) is 15.1 Å². The highest BCUT2D eigenvalue weighted by Gasteiger charge is 2.32. The Labute approximate surface area is 134 Å². The van der Waals surface area contributed by atoms with E-state index in [-0.39, 0.29) is 23.7 Å². The van der Waals surface area contributed by atoms with Gasteiger partial charge in [-0.1, -0.05) is 13.3 Å². The lowest BCUT2D eigenvalue weighted by atomic mass is 9.92. The average Bonchev–Trinajstić information content (AvgIpc) is 2.59. The first-order chi connectivity index (χ1) is 10.6. The second kappa shape index (κ2) is 8.51. The molecule has 126 valence electrons. The maximum Gasteiger partial charge on any atom is 0.226 e. The third-order valence-corrected chi connectivity index (χ3v) is 5.03. The fourth-order valence-corrected chi connectivity index (χ4v) is 3.48. The molecule has 0 radical (unpaired) electrons. The van der Waals surface area contributed by atoms with Gasteiger partial charge in [-0.25, -0.2) is 0 Å². The van der Waals surface area contributed by atoms with E-state index in [1.165, 1.54) is 0 Å². The zero-order chi connectivity index (χ0) is 15.9. The molecule has 0 saturated carbocycles. The predicted molar refractivity (Wildman–Crippen MR) is 87.4 cm³/mol. The average molecular weight is 309 g/mol. The summed E-state index contributed by atoms with van der Waals surface area (Å²) in [5.74, 6) is 0.806. The maximum absolute atomic E-state index is 12.5. The molecule has 0 spiro atoms. The number of hydrogen-bond acceptors (Lipinski definition) is 3. The fraction of sp³-hybridized carbons (Fsp3) is 0.882. The molecule has 2 amide bonds. The number of unbranched alkanes of at least 4 members (excludes halogenated alkanes) is 1. The number of likely N-dealkylation sites (tertiary alicyclic amines) is 1. The molecule has 2 rings (SSSR count). The summed E-state index contributed by atoms with van der Waals surface area (Å²) < 4.78 is 0. The van der Waals surface area contributed by atoms with Crippen molar-refractivity contribution < 1.29 is 9.59 Å². The van der Waals surface area contributed by atoms with Crippen LogP contribution < -0.4 is 5.32 Å². The molecule has 0 aromatic carbocycles. The van der Waals surface area contributed by atoms with E-state index in [9.17, 15) is 9.59 Å². The predicted octanol–water partition coefficient (Wildman–Crippen LogP) is 1.48. The SMILES string of the molecule is CCCCN(C)C(=O)C1CCN(C(=O)C2CCCNC2)CC1. The Kier molecular flexibility index (Phi) is 6.68. The van der Waals surface area contributed by atoms with E-state index in [1.807, 2.05) is 16.8 Å². The summed E-state index contributed by atoms with van der Waals surface area (Å²) in [5.41, 5.74) is 0. The van der Waals surface area contributed by atoms with E-state index in [0.29, 0.717) is 0 Å². The summed E-state index contributed by atoms with van der Waals surface area (Å²) in [6, 6.07) is 0. The van der Waals surface area contributed by atoms with Crippen LogP contribution in [-0.2, 0) is 9.59 Å². The highest BCUT2D eigenvalue weighted by atomic mass is 16.2. The summed E-state index contributed by atoms with van der Waals surface area (Å²) in [5, 5.41) is 3.31. The monoisotopic (exact) mass is 309 g/mol. The molecule has 2 aliphatic heterocycles. The van der Waals surface area contributed by atoms with E-state index in [2.05, 4.69) is 12.2 Å². The standard InChI is InChI=1S/C17H31N3O2/c1-3-4-10-19(2)16(21)14-7-11-20(12-8-14)17(22)15-6-5-9-18-13-15/h14-15,18H,3-13H2,1-2H3. The van der Waals surface area contributed by atoms with Crippen molar-refractivity contribution >= 4 is 11.8 Å². The van der Waals surface area contributed by atoms with Crippen LogP contribution in [0.15, 0.2) is 0 Å². The molecule has 22 heavy (non-hydrogen) atoms. The molecule has 2 saturated heterocycles. The molecule has 2 aliphatic rings. The third kappa shape index (κ3) is 4.45. The molecule has 0 aromatic rings. The minimum atomic E-state index is 0.107. The van der Waals surface area contributed by atoms with E-state index >= 15 is 0 Å². The molecule has 1 atom stereocenters. The first-order valence-electron chi connectivity index (χ1n) is 8.88. The van der Waals surface area contributed by atoms with Gasteiger partial charge in [0.1, 0.15) is 0 Å². The van der Waals surface area contributed by atoms with Gasteiger partial charge in [0, 0.05) is 39.1 Å². The van der Waals surface area contributed by atoms with Gasteiger partial charge in [0.25, 0.3) is 0 Å². The van der Waals surface area contributed by atoms with Crippen LogP contribution in [0.5, 0.6) is 0 Å². The van der Waals surface area contributed by atoms with Gasteiger partial charge >= 0.3 is 0 Å². The molecule has 0 bridgehead atoms. The summed E-state index contributed by atoms with van der Waals surface area (Å²) >= 11 is 0. The summed E-state index contributed by atoms with van der Waals surface area (Å²) in [7, 11) is 1.91. The second-order valence-electron chi connectivity index (χ2n) is 6.76. The molecular weight excluding hydrogens is 278 g/mol. The number of hydrogen-bond donors (Lipinski definition) is 1. The van der Waals surface area contributed by atoms with Gasteiger partial charge in [-0.2, -0.15) is 0 Å². The lowest BCUT2D eigenvalue weighted by molar-refractivity contribution is -0.142. The topological polar surface area (TPSA) is 52.7 Å². The molecule has 2 fully saturated rings. The van der Waals surface area contributed by atoms with Crippen molar-refractivity contribution in [2.45, 2.75) is 45.4 Å². The molecule has 5 heteroatoms. The number of piperidine rings is 2. The molecule has 0 aliphatic carbocycles. The van der Waals surface area contributed by atoms with Crippen LogP contribution in [0.2, 0.25) is 0 Å². The highest BCUT2D eigenvalue weighted by Crippen LogP contribution is 2.22. The Morgan fingerprint density at radius 1 is 1.18 bits per heavy atom. The van der Waals surface area contributed by atoms with Crippen molar-refractivity contribution in [3.05, 3.63) is 0 Å². The Morgan fingerprint density at radius 3 is 2.50 bits per heavy atom. The van der Waals surface area contributed by atoms with E-state index in [0.717, 1.165) is 71.2 Å². The van der Waals surface area contributed by atoms with Crippen molar-refractivity contribution in [3.8, 4) is 0 Å². The van der Waals surface area contributed by atoms with Crippen LogP contribution in [0.4, 0.5) is 0 Å². The second-order valence-corrected chi connectivity index (χ2v) is 6.76. The lowest BCUT2D eigenvalue weighted by Gasteiger charge is -2.36. The smallest absolute Gasteiger partial charge is 0.226 e. The number of carbonyl (C=O) groups excluding carboxylic acids is 2. The minimum absolute atomic E-state index is 0.107. The van der Waals surface area contributed by atoms with Crippen molar-refractivity contribution in [2.24, 2.45) is 11.8 Å². The normalized spacial score (nSPS) is 23.4. The Balaban J connectivity index is 1.77. The molecule has 1 N–H and O–H groups in total. The van der Waals surface area contributed by atoms with Gasteiger partial charge in [0.15, 0.2) is 0 Å². The molecule has 0 aromatic heterocycles.